The predicted octanol–water partition coefficient (Wildman–Crippen LogP) is 2.83. The van der Waals surface area contributed by atoms with Crippen LogP contribution in [0.5, 0.6) is 0 Å². The molecule has 0 aliphatic heterocycles. The largest absolute Gasteiger partial charge is 0.431 e. The molecule has 1 aromatic carbocycles. The number of alkyl halides is 3. The van der Waals surface area contributed by atoms with Gasteiger partial charge < -0.3 is 4.98 Å². The van der Waals surface area contributed by atoms with Crippen molar-refractivity contribution in [3.8, 4) is 5.69 Å². The van der Waals surface area contributed by atoms with Crippen LogP contribution in [0.1, 0.15) is 5.69 Å². The molecular formula is C14H8ClF4N3O2. The first kappa shape index (κ1) is 16.3. The van der Waals surface area contributed by atoms with Crippen molar-refractivity contribution in [2.75, 3.05) is 0 Å². The Labute approximate surface area is 135 Å². The lowest BCUT2D eigenvalue weighted by atomic mass is 10.2. The van der Waals surface area contributed by atoms with Crippen molar-refractivity contribution in [2.45, 2.75) is 6.18 Å². The lowest BCUT2D eigenvalue weighted by Crippen LogP contribution is -2.41. The van der Waals surface area contributed by atoms with Gasteiger partial charge in [-0.1, -0.05) is 11.6 Å². The molecule has 5 nitrogen and oxygen atoms in total. The molecule has 10 heteroatoms. The topological polar surface area (TPSA) is 59.8 Å². The molecule has 2 aromatic heterocycles. The Morgan fingerprint density at radius 1 is 1.21 bits per heavy atom. The van der Waals surface area contributed by atoms with E-state index in [0.29, 0.717) is 9.95 Å². The summed E-state index contributed by atoms with van der Waals surface area (Å²) in [4.78, 5) is 27.0. The molecule has 0 amide bonds. The van der Waals surface area contributed by atoms with Gasteiger partial charge in [-0.25, -0.2) is 13.8 Å². The number of hydrogen-bond donors (Lipinski definition) is 1. The fourth-order valence-electron chi connectivity index (χ4n) is 2.46. The van der Waals surface area contributed by atoms with E-state index in [1.165, 1.54) is 12.3 Å². The van der Waals surface area contributed by atoms with Crippen LogP contribution in [0, 0.1) is 5.82 Å². The number of nitrogens with one attached hydrogen (secondary N) is 1. The Kier molecular flexibility index (Phi) is 3.56. The highest BCUT2D eigenvalue weighted by atomic mass is 35.5. The fraction of sp³-hybridized carbons (Fsp3) is 0.143. The molecule has 2 heterocycles. The van der Waals surface area contributed by atoms with Crippen LogP contribution >= 0.6 is 11.6 Å². The van der Waals surface area contributed by atoms with E-state index in [1.54, 1.807) is 0 Å². The van der Waals surface area contributed by atoms with Gasteiger partial charge in [-0.05, 0) is 12.1 Å². The lowest BCUT2D eigenvalue weighted by molar-refractivity contribution is -0.144. The number of H-pyrrole nitrogens is 1. The number of halogens is 5. The summed E-state index contributed by atoms with van der Waals surface area (Å²) in [6, 6.07) is 2.61. The van der Waals surface area contributed by atoms with E-state index < -0.39 is 34.6 Å². The first-order chi connectivity index (χ1) is 11.1. The molecular weight excluding hydrogens is 354 g/mol. The highest BCUT2D eigenvalue weighted by Crippen LogP contribution is 2.30. The molecule has 0 saturated carbocycles. The van der Waals surface area contributed by atoms with Gasteiger partial charge in [-0.3, -0.25) is 9.36 Å². The second kappa shape index (κ2) is 5.23. The van der Waals surface area contributed by atoms with E-state index in [2.05, 4.69) is 4.98 Å². The van der Waals surface area contributed by atoms with Gasteiger partial charge >= 0.3 is 11.9 Å². The zero-order valence-corrected chi connectivity index (χ0v) is 12.7. The Morgan fingerprint density at radius 2 is 1.88 bits per heavy atom. The molecule has 0 aliphatic carbocycles. The molecule has 3 aromatic rings. The number of nitrogens with zero attached hydrogens (tertiary/aromatic N) is 2. The highest BCUT2D eigenvalue weighted by Gasteiger charge is 2.35. The summed E-state index contributed by atoms with van der Waals surface area (Å²) >= 11 is 5.88. The molecule has 0 aliphatic rings. The van der Waals surface area contributed by atoms with Crippen molar-refractivity contribution >= 4 is 22.5 Å². The summed E-state index contributed by atoms with van der Waals surface area (Å²) in [5.41, 5.74) is -4.52. The maximum atomic E-state index is 14.3. The molecule has 24 heavy (non-hydrogen) atoms. The quantitative estimate of drug-likeness (QED) is 0.678. The summed E-state index contributed by atoms with van der Waals surface area (Å²) in [5.74, 6) is -1.02. The second-order valence-corrected chi connectivity index (χ2v) is 5.40. The van der Waals surface area contributed by atoms with Gasteiger partial charge in [0.1, 0.15) is 11.4 Å². The third-order valence-corrected chi connectivity index (χ3v) is 3.87. The second-order valence-electron chi connectivity index (χ2n) is 5.00. The number of hydrogen-bond acceptors (Lipinski definition) is 2. The van der Waals surface area contributed by atoms with Crippen LogP contribution in [-0.4, -0.2) is 14.1 Å². The summed E-state index contributed by atoms with van der Waals surface area (Å²) < 4.78 is 53.5. The number of aromatic amines is 1. The fourth-order valence-corrected chi connectivity index (χ4v) is 2.72. The average Bonchev–Trinajstić information content (AvgIpc) is 2.94. The Balaban J connectivity index is 2.46. The van der Waals surface area contributed by atoms with Gasteiger partial charge in [0.2, 0.25) is 0 Å². The standard InChI is InChI=1S/C14H8ClF4N3O2/c1-21-9(14(17,18)19)5-10(23)22(13(21)24)12-8(16)4-7(15)6-2-3-20-11(6)12/h2-5,20H,1H3. The first-order valence-corrected chi connectivity index (χ1v) is 6.86. The minimum atomic E-state index is -4.90. The molecule has 0 saturated heterocycles. The third kappa shape index (κ3) is 2.32. The van der Waals surface area contributed by atoms with E-state index in [9.17, 15) is 27.2 Å². The molecule has 3 rings (SSSR count). The molecule has 126 valence electrons. The lowest BCUT2D eigenvalue weighted by Gasteiger charge is -2.15. The van der Waals surface area contributed by atoms with Gasteiger partial charge in [0, 0.05) is 24.7 Å². The van der Waals surface area contributed by atoms with Gasteiger partial charge in [-0.2, -0.15) is 13.2 Å². The number of fused-ring (bicyclic) bond motifs is 1. The van der Waals surface area contributed by atoms with Crippen molar-refractivity contribution in [1.29, 1.82) is 0 Å². The van der Waals surface area contributed by atoms with Crippen molar-refractivity contribution in [1.82, 2.24) is 14.1 Å². The van der Waals surface area contributed by atoms with Crippen molar-refractivity contribution < 1.29 is 17.6 Å². The van der Waals surface area contributed by atoms with Crippen molar-refractivity contribution in [3.63, 3.8) is 0 Å². The number of benzene rings is 1. The van der Waals surface area contributed by atoms with Crippen molar-refractivity contribution in [2.24, 2.45) is 7.05 Å². The summed E-state index contributed by atoms with van der Waals surface area (Å²) in [5, 5.41) is 0.353. The van der Waals surface area contributed by atoms with Crippen molar-refractivity contribution in [3.05, 3.63) is 61.8 Å². The SMILES string of the molecule is Cn1c(C(F)(F)F)cc(=O)n(-c2c(F)cc(Cl)c3cc[nH]c23)c1=O. The van der Waals surface area contributed by atoms with E-state index in [0.717, 1.165) is 13.1 Å². The van der Waals surface area contributed by atoms with Crippen LogP contribution in [0.3, 0.4) is 0 Å². The summed E-state index contributed by atoms with van der Waals surface area (Å²) in [6.45, 7) is 0. The van der Waals surface area contributed by atoms with Gasteiger partial charge in [0.15, 0.2) is 5.82 Å². The molecule has 0 bridgehead atoms. The average molecular weight is 362 g/mol. The smallest absolute Gasteiger partial charge is 0.359 e. The van der Waals surface area contributed by atoms with E-state index in [1.807, 2.05) is 0 Å². The van der Waals surface area contributed by atoms with E-state index in [-0.39, 0.29) is 21.2 Å². The third-order valence-electron chi connectivity index (χ3n) is 3.55. The van der Waals surface area contributed by atoms with Crippen LogP contribution in [0.2, 0.25) is 5.02 Å². The van der Waals surface area contributed by atoms with Crippen LogP contribution < -0.4 is 11.2 Å². The number of rotatable bonds is 1. The summed E-state index contributed by atoms with van der Waals surface area (Å²) in [7, 11) is 0.848. The minimum Gasteiger partial charge on any atom is -0.359 e. The molecule has 0 fully saturated rings. The molecule has 0 unspecified atom stereocenters. The molecule has 0 radical (unpaired) electrons. The zero-order valence-electron chi connectivity index (χ0n) is 11.9. The Bertz CT molecular complexity index is 1080. The summed E-state index contributed by atoms with van der Waals surface area (Å²) in [6.07, 6.45) is -3.49. The van der Waals surface area contributed by atoms with Crippen LogP contribution in [0.15, 0.2) is 34.0 Å². The van der Waals surface area contributed by atoms with Crippen LogP contribution in [0.4, 0.5) is 17.6 Å². The highest BCUT2D eigenvalue weighted by molar-refractivity contribution is 6.35. The van der Waals surface area contributed by atoms with Crippen LogP contribution in [-0.2, 0) is 13.2 Å². The van der Waals surface area contributed by atoms with E-state index >= 15 is 0 Å². The Hall–Kier alpha value is -2.55. The zero-order chi connectivity index (χ0) is 17.8. The minimum absolute atomic E-state index is 0.0268. The molecule has 1 N–H and O–H groups in total. The van der Waals surface area contributed by atoms with Crippen LogP contribution in [0.25, 0.3) is 16.6 Å². The van der Waals surface area contributed by atoms with E-state index in [4.69, 9.17) is 11.6 Å². The maximum absolute atomic E-state index is 14.3. The Morgan fingerprint density at radius 3 is 2.50 bits per heavy atom. The normalized spacial score (nSPS) is 12.1. The molecule has 0 spiro atoms. The first-order valence-electron chi connectivity index (χ1n) is 6.48. The number of aromatic nitrogens is 3. The van der Waals surface area contributed by atoms with Gasteiger partial charge in [0.05, 0.1) is 10.5 Å². The monoisotopic (exact) mass is 361 g/mol. The van der Waals surface area contributed by atoms with Gasteiger partial charge in [0.25, 0.3) is 5.56 Å². The maximum Gasteiger partial charge on any atom is 0.431 e. The van der Waals surface area contributed by atoms with Gasteiger partial charge in [-0.15, -0.1) is 0 Å². The molecule has 0 atom stereocenters. The predicted molar refractivity (Wildman–Crippen MR) is 79.1 cm³/mol.